The number of hydrogen-bond donors (Lipinski definition) is 2. The zero-order valence-corrected chi connectivity index (χ0v) is 11.0. The van der Waals surface area contributed by atoms with Crippen molar-refractivity contribution in [3.05, 3.63) is 23.9 Å². The molecule has 0 spiro atoms. The summed E-state index contributed by atoms with van der Waals surface area (Å²) in [6, 6.07) is 3.25. The topological polar surface area (TPSA) is 88.5 Å². The van der Waals surface area contributed by atoms with Crippen LogP contribution < -0.4 is 10.1 Å². The van der Waals surface area contributed by atoms with Crippen molar-refractivity contribution in [2.45, 2.75) is 32.8 Å². The van der Waals surface area contributed by atoms with Crippen molar-refractivity contribution in [1.82, 2.24) is 10.3 Å². The maximum absolute atomic E-state index is 11.7. The number of rotatable bonds is 7. The number of carbonyl (C=O) groups is 2. The predicted octanol–water partition coefficient (Wildman–Crippen LogP) is 1.46. The first-order valence-corrected chi connectivity index (χ1v) is 6.11. The lowest BCUT2D eigenvalue weighted by atomic mass is 10.2. The Hall–Kier alpha value is -2.11. The highest BCUT2D eigenvalue weighted by atomic mass is 16.5. The van der Waals surface area contributed by atoms with Gasteiger partial charge < -0.3 is 15.2 Å². The molecule has 0 aliphatic heterocycles. The molecule has 0 atom stereocenters. The van der Waals surface area contributed by atoms with E-state index in [1.165, 1.54) is 6.20 Å². The molecule has 0 fully saturated rings. The number of nitrogens with zero attached hydrogens (tertiary/aromatic N) is 1. The molecule has 1 aromatic heterocycles. The van der Waals surface area contributed by atoms with Crippen molar-refractivity contribution in [1.29, 1.82) is 0 Å². The van der Waals surface area contributed by atoms with Crippen LogP contribution in [0.5, 0.6) is 5.88 Å². The molecule has 0 aromatic carbocycles. The second-order valence-electron chi connectivity index (χ2n) is 4.30. The minimum absolute atomic E-state index is 0.0307. The lowest BCUT2D eigenvalue weighted by molar-refractivity contribution is -0.137. The van der Waals surface area contributed by atoms with Gasteiger partial charge in [0.2, 0.25) is 5.88 Å². The predicted molar refractivity (Wildman–Crippen MR) is 69.2 cm³/mol. The fourth-order valence-corrected chi connectivity index (χ4v) is 1.37. The molecule has 1 heterocycles. The van der Waals surface area contributed by atoms with E-state index >= 15 is 0 Å². The van der Waals surface area contributed by atoms with Crippen LogP contribution in [0, 0.1) is 0 Å². The normalized spacial score (nSPS) is 10.3. The van der Waals surface area contributed by atoms with Crippen molar-refractivity contribution in [3.8, 4) is 5.88 Å². The molecule has 1 rings (SSSR count). The zero-order chi connectivity index (χ0) is 14.3. The first-order valence-electron chi connectivity index (χ1n) is 6.11. The van der Waals surface area contributed by atoms with Crippen molar-refractivity contribution >= 4 is 11.9 Å². The van der Waals surface area contributed by atoms with Crippen molar-refractivity contribution in [2.24, 2.45) is 0 Å². The number of hydrogen-bond acceptors (Lipinski definition) is 4. The molecule has 6 nitrogen and oxygen atoms in total. The van der Waals surface area contributed by atoms with Gasteiger partial charge in [0.25, 0.3) is 5.91 Å². The van der Waals surface area contributed by atoms with Crippen LogP contribution in [0.1, 0.15) is 37.0 Å². The molecule has 0 unspecified atom stereocenters. The Labute approximate surface area is 111 Å². The third-order valence-corrected chi connectivity index (χ3v) is 2.21. The molecule has 0 bridgehead atoms. The lowest BCUT2D eigenvalue weighted by Gasteiger charge is -2.09. The first-order chi connectivity index (χ1) is 8.99. The minimum atomic E-state index is -0.869. The van der Waals surface area contributed by atoms with Crippen LogP contribution in [-0.4, -0.2) is 34.6 Å². The first kappa shape index (κ1) is 14.9. The molecule has 0 saturated carbocycles. The number of pyridine rings is 1. The summed E-state index contributed by atoms with van der Waals surface area (Å²) in [4.78, 5) is 26.0. The van der Waals surface area contributed by atoms with Crippen LogP contribution in [0.4, 0.5) is 0 Å². The molecule has 0 saturated heterocycles. The van der Waals surface area contributed by atoms with Gasteiger partial charge in [-0.2, -0.15) is 0 Å². The molecule has 19 heavy (non-hydrogen) atoms. The van der Waals surface area contributed by atoms with Crippen LogP contribution in [0.25, 0.3) is 0 Å². The van der Waals surface area contributed by atoms with Gasteiger partial charge in [-0.1, -0.05) is 0 Å². The molecule has 2 N–H and O–H groups in total. The average Bonchev–Trinajstić information content (AvgIpc) is 2.34. The molecule has 1 aromatic rings. The fraction of sp³-hybridized carbons (Fsp3) is 0.462. The summed E-state index contributed by atoms with van der Waals surface area (Å²) in [7, 11) is 0. The molecule has 104 valence electrons. The van der Waals surface area contributed by atoms with Gasteiger partial charge in [0.1, 0.15) is 0 Å². The second kappa shape index (κ2) is 7.35. The summed E-state index contributed by atoms with van der Waals surface area (Å²) >= 11 is 0. The van der Waals surface area contributed by atoms with Gasteiger partial charge in [0, 0.05) is 25.2 Å². The molecule has 0 aliphatic carbocycles. The van der Waals surface area contributed by atoms with E-state index in [4.69, 9.17) is 9.84 Å². The SMILES string of the molecule is CC(C)Oc1ccc(C(=O)NCCCC(=O)O)cn1. The molecule has 6 heteroatoms. The number of carbonyl (C=O) groups excluding carboxylic acids is 1. The quantitative estimate of drug-likeness (QED) is 0.729. The number of carboxylic acids is 1. The number of ether oxygens (including phenoxy) is 1. The van der Waals surface area contributed by atoms with Gasteiger partial charge in [0.05, 0.1) is 11.7 Å². The van der Waals surface area contributed by atoms with Crippen molar-refractivity contribution in [2.75, 3.05) is 6.54 Å². The summed E-state index contributed by atoms with van der Waals surface area (Å²) in [5.41, 5.74) is 0.423. The Kier molecular flexibility index (Phi) is 5.78. The van der Waals surface area contributed by atoms with Gasteiger partial charge in [-0.25, -0.2) is 4.98 Å². The molecular weight excluding hydrogens is 248 g/mol. The van der Waals surface area contributed by atoms with E-state index in [0.717, 1.165) is 0 Å². The monoisotopic (exact) mass is 266 g/mol. The van der Waals surface area contributed by atoms with Crippen LogP contribution in [0.2, 0.25) is 0 Å². The second-order valence-corrected chi connectivity index (χ2v) is 4.30. The van der Waals surface area contributed by atoms with E-state index in [2.05, 4.69) is 10.3 Å². The van der Waals surface area contributed by atoms with E-state index < -0.39 is 5.97 Å². The van der Waals surface area contributed by atoms with E-state index in [0.29, 0.717) is 24.4 Å². The summed E-state index contributed by atoms with van der Waals surface area (Å²) in [5, 5.41) is 11.1. The van der Waals surface area contributed by atoms with Crippen LogP contribution in [0.3, 0.4) is 0 Å². The molecule has 0 radical (unpaired) electrons. The Morgan fingerprint density at radius 3 is 2.68 bits per heavy atom. The minimum Gasteiger partial charge on any atom is -0.481 e. The average molecular weight is 266 g/mol. The third-order valence-electron chi connectivity index (χ3n) is 2.21. The highest BCUT2D eigenvalue weighted by Crippen LogP contribution is 2.09. The Morgan fingerprint density at radius 1 is 1.42 bits per heavy atom. The smallest absolute Gasteiger partial charge is 0.303 e. The maximum Gasteiger partial charge on any atom is 0.303 e. The molecular formula is C13H18N2O4. The lowest BCUT2D eigenvalue weighted by Crippen LogP contribution is -2.25. The Balaban J connectivity index is 2.42. The Morgan fingerprint density at radius 2 is 2.16 bits per heavy atom. The van der Waals surface area contributed by atoms with Gasteiger partial charge in [0.15, 0.2) is 0 Å². The van der Waals surface area contributed by atoms with E-state index in [-0.39, 0.29) is 18.4 Å². The number of aromatic nitrogens is 1. The van der Waals surface area contributed by atoms with E-state index in [1.807, 2.05) is 13.8 Å². The number of nitrogens with one attached hydrogen (secondary N) is 1. The number of aliphatic carboxylic acids is 1. The van der Waals surface area contributed by atoms with Gasteiger partial charge in [-0.15, -0.1) is 0 Å². The standard InChI is InChI=1S/C13H18N2O4/c1-9(2)19-11-6-5-10(8-15-11)13(18)14-7-3-4-12(16)17/h5-6,8-9H,3-4,7H2,1-2H3,(H,14,18)(H,16,17). The fourth-order valence-electron chi connectivity index (χ4n) is 1.37. The van der Waals surface area contributed by atoms with Crippen molar-refractivity contribution < 1.29 is 19.4 Å². The molecule has 1 amide bonds. The van der Waals surface area contributed by atoms with Crippen LogP contribution >= 0.6 is 0 Å². The highest BCUT2D eigenvalue weighted by molar-refractivity contribution is 5.93. The van der Waals surface area contributed by atoms with Gasteiger partial charge in [-0.05, 0) is 26.3 Å². The number of carboxylic acid groups (broad SMARTS) is 1. The third kappa shape index (κ3) is 5.85. The maximum atomic E-state index is 11.7. The van der Waals surface area contributed by atoms with E-state index in [1.54, 1.807) is 12.1 Å². The largest absolute Gasteiger partial charge is 0.481 e. The Bertz CT molecular complexity index is 429. The summed E-state index contributed by atoms with van der Waals surface area (Å²) in [6.07, 6.45) is 1.91. The van der Waals surface area contributed by atoms with Gasteiger partial charge >= 0.3 is 5.97 Å². The molecule has 0 aliphatic rings. The van der Waals surface area contributed by atoms with Crippen LogP contribution in [-0.2, 0) is 4.79 Å². The number of amides is 1. The highest BCUT2D eigenvalue weighted by Gasteiger charge is 2.07. The van der Waals surface area contributed by atoms with Gasteiger partial charge in [-0.3, -0.25) is 9.59 Å². The summed E-state index contributed by atoms with van der Waals surface area (Å²) in [6.45, 7) is 4.12. The summed E-state index contributed by atoms with van der Waals surface area (Å²) < 4.78 is 5.37. The zero-order valence-electron chi connectivity index (χ0n) is 11.0. The summed E-state index contributed by atoms with van der Waals surface area (Å²) in [5.74, 6) is -0.669. The van der Waals surface area contributed by atoms with Crippen LogP contribution in [0.15, 0.2) is 18.3 Å². The van der Waals surface area contributed by atoms with E-state index in [9.17, 15) is 9.59 Å². The van der Waals surface area contributed by atoms with Crippen molar-refractivity contribution in [3.63, 3.8) is 0 Å².